The minimum atomic E-state index is -0.698. The van der Waals surface area contributed by atoms with E-state index in [1.807, 2.05) is 17.5 Å². The molecule has 1 saturated carbocycles. The third-order valence-electron chi connectivity index (χ3n) is 4.70. The van der Waals surface area contributed by atoms with E-state index in [1.165, 1.54) is 17.8 Å². The quantitative estimate of drug-likeness (QED) is 0.726. The highest BCUT2D eigenvalue weighted by Crippen LogP contribution is 2.28. The van der Waals surface area contributed by atoms with Crippen molar-refractivity contribution >= 4 is 34.7 Å². The molecule has 0 bridgehead atoms. The number of hydrogen-bond donors (Lipinski definition) is 1. The molecular formula is C18H24N4O3S2. The summed E-state index contributed by atoms with van der Waals surface area (Å²) in [5.74, 6) is -0.449. The molecule has 0 aromatic carbocycles. The molecule has 1 fully saturated rings. The van der Waals surface area contributed by atoms with Crippen LogP contribution in [0.15, 0.2) is 22.9 Å². The van der Waals surface area contributed by atoms with Crippen LogP contribution in [0, 0.1) is 0 Å². The Balaban J connectivity index is 1.85. The van der Waals surface area contributed by atoms with Gasteiger partial charge in [0.15, 0.2) is 5.69 Å². The van der Waals surface area contributed by atoms with Crippen molar-refractivity contribution in [1.82, 2.24) is 19.8 Å². The maximum Gasteiger partial charge on any atom is 0.276 e. The number of nitrogens with one attached hydrogen (secondary N) is 1. The molecule has 146 valence electrons. The maximum absolute atomic E-state index is 13.2. The number of nitrogens with zero attached hydrogens (tertiary/aromatic N) is 3. The summed E-state index contributed by atoms with van der Waals surface area (Å²) in [6.07, 6.45) is 5.46. The number of hydrogen-bond acceptors (Lipinski definition) is 7. The smallest absolute Gasteiger partial charge is 0.276 e. The van der Waals surface area contributed by atoms with Gasteiger partial charge in [-0.2, -0.15) is 0 Å². The Morgan fingerprint density at radius 3 is 2.81 bits per heavy atom. The fourth-order valence-electron chi connectivity index (χ4n) is 3.34. The topological polar surface area (TPSA) is 84.4 Å². The van der Waals surface area contributed by atoms with Crippen molar-refractivity contribution in [3.63, 3.8) is 0 Å². The van der Waals surface area contributed by atoms with Crippen LogP contribution in [0.25, 0.3) is 0 Å². The van der Waals surface area contributed by atoms with Crippen molar-refractivity contribution in [3.8, 4) is 0 Å². The van der Waals surface area contributed by atoms with E-state index >= 15 is 0 Å². The molecule has 1 N–H and O–H groups in total. The summed E-state index contributed by atoms with van der Waals surface area (Å²) in [7, 11) is 1.58. The van der Waals surface area contributed by atoms with E-state index in [1.54, 1.807) is 17.4 Å². The van der Waals surface area contributed by atoms with Gasteiger partial charge in [0.25, 0.3) is 5.91 Å². The molecule has 3 rings (SSSR count). The van der Waals surface area contributed by atoms with Gasteiger partial charge in [-0.1, -0.05) is 29.8 Å². The summed E-state index contributed by atoms with van der Waals surface area (Å²) in [6.45, 7) is 0.634. The van der Waals surface area contributed by atoms with Crippen molar-refractivity contribution in [3.05, 3.63) is 33.5 Å². The maximum atomic E-state index is 13.2. The van der Waals surface area contributed by atoms with Crippen LogP contribution in [0.3, 0.4) is 0 Å². The molecule has 9 heteroatoms. The number of rotatable bonds is 8. The van der Waals surface area contributed by atoms with Crippen molar-refractivity contribution in [1.29, 1.82) is 0 Å². The number of amides is 2. The molecule has 1 aliphatic carbocycles. The largest absolute Gasteiger partial charge is 0.383 e. The van der Waals surface area contributed by atoms with Crippen molar-refractivity contribution in [2.45, 2.75) is 44.2 Å². The normalized spacial score (nSPS) is 16.0. The van der Waals surface area contributed by atoms with Gasteiger partial charge >= 0.3 is 0 Å². The minimum absolute atomic E-state index is 0.142. The Morgan fingerprint density at radius 2 is 2.19 bits per heavy atom. The van der Waals surface area contributed by atoms with Crippen LogP contribution in [0.1, 0.15) is 53.5 Å². The molecular weight excluding hydrogens is 384 g/mol. The van der Waals surface area contributed by atoms with Gasteiger partial charge < -0.3 is 15.0 Å². The third-order valence-corrected chi connectivity index (χ3v) is 6.13. The first kappa shape index (κ1) is 19.9. The van der Waals surface area contributed by atoms with Crippen LogP contribution in [-0.4, -0.2) is 52.6 Å². The molecule has 0 radical (unpaired) electrons. The van der Waals surface area contributed by atoms with Gasteiger partial charge in [0.1, 0.15) is 6.04 Å². The highest BCUT2D eigenvalue weighted by molar-refractivity contribution is 7.10. The van der Waals surface area contributed by atoms with Crippen LogP contribution in [0.5, 0.6) is 0 Å². The molecule has 1 aliphatic rings. The summed E-state index contributed by atoms with van der Waals surface area (Å²) in [5.41, 5.74) is 0.253. The van der Waals surface area contributed by atoms with Gasteiger partial charge in [-0.05, 0) is 35.8 Å². The van der Waals surface area contributed by atoms with Gasteiger partial charge in [-0.25, -0.2) is 0 Å². The Bertz CT molecular complexity index is 715. The van der Waals surface area contributed by atoms with Crippen molar-refractivity contribution in [2.24, 2.45) is 0 Å². The highest BCUT2D eigenvalue weighted by atomic mass is 32.1. The molecule has 0 saturated heterocycles. The standard InChI is InChI=1S/C18H24N4O3S2/c1-25-10-9-22(18(24)14-12-27-21-20-14)16(15-8-5-11-26-15)17(23)19-13-6-3-2-4-7-13/h5,8,11-13,16H,2-4,6-7,9-10H2,1H3,(H,19,23)/t16-/m0/s1. The zero-order valence-corrected chi connectivity index (χ0v) is 16.9. The lowest BCUT2D eigenvalue weighted by Gasteiger charge is -2.32. The second-order valence-electron chi connectivity index (χ2n) is 6.54. The zero-order valence-electron chi connectivity index (χ0n) is 15.3. The first-order valence-corrected chi connectivity index (χ1v) is 10.8. The highest BCUT2D eigenvalue weighted by Gasteiger charge is 2.34. The number of aromatic nitrogens is 2. The monoisotopic (exact) mass is 408 g/mol. The molecule has 0 spiro atoms. The van der Waals surface area contributed by atoms with Gasteiger partial charge in [0.05, 0.1) is 6.61 Å². The van der Waals surface area contributed by atoms with Crippen LogP contribution < -0.4 is 5.32 Å². The van der Waals surface area contributed by atoms with E-state index in [2.05, 4.69) is 14.9 Å². The lowest BCUT2D eigenvalue weighted by molar-refractivity contribution is -0.127. The fourth-order valence-corrected chi connectivity index (χ4v) is 4.61. The lowest BCUT2D eigenvalue weighted by atomic mass is 9.95. The SMILES string of the molecule is COCCN(C(=O)c1csnn1)[C@H](C(=O)NC1CCCCC1)c1cccs1. The average molecular weight is 409 g/mol. The zero-order chi connectivity index (χ0) is 19.1. The molecule has 0 aliphatic heterocycles. The summed E-state index contributed by atoms with van der Waals surface area (Å²) in [5, 5.41) is 10.6. The first-order chi connectivity index (χ1) is 13.2. The molecule has 2 aromatic rings. The van der Waals surface area contributed by atoms with Gasteiger partial charge in [0.2, 0.25) is 5.91 Å². The first-order valence-electron chi connectivity index (χ1n) is 9.11. The molecule has 2 aromatic heterocycles. The Morgan fingerprint density at radius 1 is 1.37 bits per heavy atom. The second-order valence-corrected chi connectivity index (χ2v) is 8.13. The minimum Gasteiger partial charge on any atom is -0.383 e. The molecule has 7 nitrogen and oxygen atoms in total. The lowest BCUT2D eigenvalue weighted by Crippen LogP contribution is -2.47. The molecule has 1 atom stereocenters. The predicted molar refractivity (Wildman–Crippen MR) is 105 cm³/mol. The van der Waals surface area contributed by atoms with Crippen molar-refractivity contribution < 1.29 is 14.3 Å². The van der Waals surface area contributed by atoms with Crippen LogP contribution in [0.2, 0.25) is 0 Å². The fraction of sp³-hybridized carbons (Fsp3) is 0.556. The molecule has 0 unspecified atom stereocenters. The van der Waals surface area contributed by atoms with E-state index in [-0.39, 0.29) is 23.6 Å². The molecule has 27 heavy (non-hydrogen) atoms. The van der Waals surface area contributed by atoms with Crippen LogP contribution in [-0.2, 0) is 9.53 Å². The van der Waals surface area contributed by atoms with E-state index in [0.717, 1.165) is 42.1 Å². The summed E-state index contributed by atoms with van der Waals surface area (Å²) < 4.78 is 8.96. The summed E-state index contributed by atoms with van der Waals surface area (Å²) in [6, 6.07) is 3.26. The van der Waals surface area contributed by atoms with E-state index in [0.29, 0.717) is 13.2 Å². The summed E-state index contributed by atoms with van der Waals surface area (Å²) >= 11 is 2.59. The average Bonchev–Trinajstić information content (AvgIpc) is 3.39. The summed E-state index contributed by atoms with van der Waals surface area (Å²) in [4.78, 5) is 28.6. The Hall–Kier alpha value is -1.84. The van der Waals surface area contributed by atoms with E-state index in [4.69, 9.17) is 4.74 Å². The number of methoxy groups -OCH3 is 1. The number of carbonyl (C=O) groups excluding carboxylic acids is 2. The van der Waals surface area contributed by atoms with Crippen LogP contribution >= 0.6 is 22.9 Å². The number of ether oxygens (including phenoxy) is 1. The van der Waals surface area contributed by atoms with Crippen LogP contribution in [0.4, 0.5) is 0 Å². The van der Waals surface area contributed by atoms with Crippen molar-refractivity contribution in [2.75, 3.05) is 20.3 Å². The third kappa shape index (κ3) is 5.12. The van der Waals surface area contributed by atoms with E-state index < -0.39 is 6.04 Å². The Labute approximate surface area is 166 Å². The predicted octanol–water partition coefficient (Wildman–Crippen LogP) is 2.88. The van der Waals surface area contributed by atoms with Gasteiger partial charge in [0, 0.05) is 30.0 Å². The van der Waals surface area contributed by atoms with E-state index in [9.17, 15) is 9.59 Å². The van der Waals surface area contributed by atoms with Gasteiger partial charge in [-0.15, -0.1) is 16.4 Å². The molecule has 2 heterocycles. The Kier molecular flexibility index (Phi) is 7.31. The number of carbonyl (C=O) groups is 2. The van der Waals surface area contributed by atoms with Gasteiger partial charge in [-0.3, -0.25) is 9.59 Å². The molecule has 2 amide bonds. The second kappa shape index (κ2) is 9.91. The number of thiophene rings is 1.